The summed E-state index contributed by atoms with van der Waals surface area (Å²) >= 11 is 0. The average Bonchev–Trinajstić information content (AvgIpc) is 2.15. The van der Waals surface area contributed by atoms with Gasteiger partial charge in [-0.15, -0.1) is 0 Å². The molecule has 1 atom stereocenters. The van der Waals surface area contributed by atoms with Crippen molar-refractivity contribution in [3.63, 3.8) is 0 Å². The largest absolute Gasteiger partial charge is 0.397 e. The highest BCUT2D eigenvalue weighted by molar-refractivity contribution is 5.52. The van der Waals surface area contributed by atoms with Gasteiger partial charge in [-0.1, -0.05) is 13.8 Å². The molecule has 1 aromatic heterocycles. The van der Waals surface area contributed by atoms with E-state index in [0.29, 0.717) is 12.0 Å². The molecule has 1 unspecified atom stereocenters. The molecule has 0 aliphatic heterocycles. The van der Waals surface area contributed by atoms with Crippen LogP contribution in [-0.2, 0) is 0 Å². The molecule has 2 N–H and O–H groups in total. The number of nitrogens with zero attached hydrogens (tertiary/aromatic N) is 2. The van der Waals surface area contributed by atoms with Gasteiger partial charge >= 0.3 is 0 Å². The van der Waals surface area contributed by atoms with Gasteiger partial charge in [0.1, 0.15) is 5.82 Å². The molecule has 0 bridgehead atoms. The van der Waals surface area contributed by atoms with Crippen molar-refractivity contribution in [1.29, 1.82) is 0 Å². The van der Waals surface area contributed by atoms with Gasteiger partial charge in [0.15, 0.2) is 0 Å². The Morgan fingerprint density at radius 3 is 2.40 bits per heavy atom. The summed E-state index contributed by atoms with van der Waals surface area (Å²) in [7, 11) is 2.08. The van der Waals surface area contributed by atoms with E-state index in [-0.39, 0.29) is 0 Å². The van der Waals surface area contributed by atoms with Crippen LogP contribution < -0.4 is 10.6 Å². The Morgan fingerprint density at radius 2 is 1.93 bits per heavy atom. The number of hydrogen-bond acceptors (Lipinski definition) is 3. The highest BCUT2D eigenvalue weighted by Crippen LogP contribution is 2.21. The van der Waals surface area contributed by atoms with Crippen molar-refractivity contribution >= 4 is 11.5 Å². The smallest absolute Gasteiger partial charge is 0.131 e. The lowest BCUT2D eigenvalue weighted by Crippen LogP contribution is -2.34. The van der Waals surface area contributed by atoms with E-state index in [9.17, 15) is 0 Å². The number of hydrogen-bond donors (Lipinski definition) is 1. The molecule has 1 aromatic rings. The van der Waals surface area contributed by atoms with Gasteiger partial charge in [-0.2, -0.15) is 0 Å². The van der Waals surface area contributed by atoms with E-state index in [1.807, 2.05) is 13.0 Å². The predicted molar refractivity (Wildman–Crippen MR) is 66.1 cm³/mol. The van der Waals surface area contributed by atoms with Crippen molar-refractivity contribution < 1.29 is 0 Å². The number of rotatable bonds is 3. The van der Waals surface area contributed by atoms with Crippen molar-refractivity contribution in [2.24, 2.45) is 5.92 Å². The SMILES string of the molecule is Cc1cc(N)cnc1N(C)C(C)C(C)C. The van der Waals surface area contributed by atoms with Crippen LogP contribution in [0.2, 0.25) is 0 Å². The molecule has 84 valence electrons. The molecule has 0 radical (unpaired) electrons. The molecule has 0 amide bonds. The minimum absolute atomic E-state index is 0.472. The molecule has 3 nitrogen and oxygen atoms in total. The zero-order valence-corrected chi connectivity index (χ0v) is 10.3. The van der Waals surface area contributed by atoms with E-state index < -0.39 is 0 Å². The van der Waals surface area contributed by atoms with Gasteiger partial charge in [0.05, 0.1) is 11.9 Å². The lowest BCUT2D eigenvalue weighted by Gasteiger charge is -2.30. The van der Waals surface area contributed by atoms with Crippen LogP contribution in [0.4, 0.5) is 11.5 Å². The molecule has 3 heteroatoms. The zero-order valence-electron chi connectivity index (χ0n) is 10.3. The fourth-order valence-electron chi connectivity index (χ4n) is 1.60. The molecule has 0 fully saturated rings. The van der Waals surface area contributed by atoms with E-state index >= 15 is 0 Å². The van der Waals surface area contributed by atoms with Crippen molar-refractivity contribution in [2.75, 3.05) is 17.7 Å². The maximum Gasteiger partial charge on any atom is 0.131 e. The Labute approximate surface area is 92.3 Å². The van der Waals surface area contributed by atoms with Gasteiger partial charge in [-0.25, -0.2) is 4.98 Å². The molecule has 1 rings (SSSR count). The summed E-state index contributed by atoms with van der Waals surface area (Å²) in [5.74, 6) is 1.62. The van der Waals surface area contributed by atoms with Crippen molar-refractivity contribution in [3.8, 4) is 0 Å². The third-order valence-electron chi connectivity index (χ3n) is 2.98. The van der Waals surface area contributed by atoms with Gasteiger partial charge in [-0.3, -0.25) is 0 Å². The van der Waals surface area contributed by atoms with Gasteiger partial charge in [-0.05, 0) is 31.4 Å². The van der Waals surface area contributed by atoms with Gasteiger partial charge in [0, 0.05) is 13.1 Å². The Bertz CT molecular complexity index is 334. The summed E-state index contributed by atoms with van der Waals surface area (Å²) in [5.41, 5.74) is 7.54. The van der Waals surface area contributed by atoms with Crippen molar-refractivity contribution in [3.05, 3.63) is 17.8 Å². The minimum Gasteiger partial charge on any atom is -0.397 e. The maximum absolute atomic E-state index is 5.68. The van der Waals surface area contributed by atoms with Crippen LogP contribution in [0.15, 0.2) is 12.3 Å². The number of nitrogens with two attached hydrogens (primary N) is 1. The van der Waals surface area contributed by atoms with E-state index in [0.717, 1.165) is 17.1 Å². The topological polar surface area (TPSA) is 42.1 Å². The molecule has 0 saturated heterocycles. The van der Waals surface area contributed by atoms with Crippen LogP contribution in [0, 0.1) is 12.8 Å². The monoisotopic (exact) mass is 207 g/mol. The Morgan fingerprint density at radius 1 is 1.33 bits per heavy atom. The normalized spacial score (nSPS) is 12.9. The molecular formula is C12H21N3. The summed E-state index contributed by atoms with van der Waals surface area (Å²) in [6.07, 6.45) is 1.71. The molecule has 15 heavy (non-hydrogen) atoms. The van der Waals surface area contributed by atoms with Crippen LogP contribution in [0.5, 0.6) is 0 Å². The second-order valence-corrected chi connectivity index (χ2v) is 4.50. The number of aryl methyl sites for hydroxylation is 1. The van der Waals surface area contributed by atoms with Crippen molar-refractivity contribution in [2.45, 2.75) is 33.7 Å². The Balaban J connectivity index is 2.96. The molecule has 0 aliphatic rings. The van der Waals surface area contributed by atoms with Crippen LogP contribution in [0.3, 0.4) is 0 Å². The zero-order chi connectivity index (χ0) is 11.6. The van der Waals surface area contributed by atoms with Crippen molar-refractivity contribution in [1.82, 2.24) is 4.98 Å². The fourth-order valence-corrected chi connectivity index (χ4v) is 1.60. The van der Waals surface area contributed by atoms with Gasteiger partial charge < -0.3 is 10.6 Å². The number of anilines is 2. The van der Waals surface area contributed by atoms with Crippen LogP contribution >= 0.6 is 0 Å². The molecular weight excluding hydrogens is 186 g/mol. The summed E-state index contributed by atoms with van der Waals surface area (Å²) in [5, 5.41) is 0. The second-order valence-electron chi connectivity index (χ2n) is 4.50. The first-order valence-electron chi connectivity index (χ1n) is 5.38. The number of aromatic nitrogens is 1. The van der Waals surface area contributed by atoms with Crippen LogP contribution in [-0.4, -0.2) is 18.1 Å². The number of nitrogen functional groups attached to an aromatic ring is 1. The Hall–Kier alpha value is -1.25. The highest BCUT2D eigenvalue weighted by atomic mass is 15.2. The highest BCUT2D eigenvalue weighted by Gasteiger charge is 2.16. The predicted octanol–water partition coefficient (Wildman–Crippen LogP) is 2.45. The third kappa shape index (κ3) is 2.61. The molecule has 0 saturated carbocycles. The summed E-state index contributed by atoms with van der Waals surface area (Å²) < 4.78 is 0. The molecule has 0 spiro atoms. The standard InChI is InChI=1S/C12H21N3/c1-8(2)10(4)15(5)12-9(3)6-11(13)7-14-12/h6-8,10H,13H2,1-5H3. The van der Waals surface area contributed by atoms with Gasteiger partial charge in [0.2, 0.25) is 0 Å². The average molecular weight is 207 g/mol. The van der Waals surface area contributed by atoms with E-state index in [2.05, 4.69) is 37.7 Å². The maximum atomic E-state index is 5.68. The second kappa shape index (κ2) is 4.51. The van der Waals surface area contributed by atoms with E-state index in [1.165, 1.54) is 0 Å². The first kappa shape index (κ1) is 11.8. The molecule has 0 aliphatic carbocycles. The van der Waals surface area contributed by atoms with Crippen LogP contribution in [0.1, 0.15) is 26.3 Å². The van der Waals surface area contributed by atoms with Crippen LogP contribution in [0.25, 0.3) is 0 Å². The summed E-state index contributed by atoms with van der Waals surface area (Å²) in [6, 6.07) is 2.44. The summed E-state index contributed by atoms with van der Waals surface area (Å²) in [4.78, 5) is 6.59. The Kier molecular flexibility index (Phi) is 3.56. The summed E-state index contributed by atoms with van der Waals surface area (Å²) in [6.45, 7) is 8.69. The first-order valence-corrected chi connectivity index (χ1v) is 5.38. The fraction of sp³-hybridized carbons (Fsp3) is 0.583. The lowest BCUT2D eigenvalue weighted by molar-refractivity contribution is 0.502. The quantitative estimate of drug-likeness (QED) is 0.827. The van der Waals surface area contributed by atoms with E-state index in [1.54, 1.807) is 6.20 Å². The third-order valence-corrected chi connectivity index (χ3v) is 2.98. The minimum atomic E-state index is 0.472. The van der Waals surface area contributed by atoms with E-state index in [4.69, 9.17) is 5.73 Å². The molecule has 0 aromatic carbocycles. The molecule has 1 heterocycles. The number of pyridine rings is 1. The first-order chi connectivity index (χ1) is 6.93. The van der Waals surface area contributed by atoms with Gasteiger partial charge in [0.25, 0.3) is 0 Å². The lowest BCUT2D eigenvalue weighted by atomic mass is 10.0.